The summed E-state index contributed by atoms with van der Waals surface area (Å²) < 4.78 is 1.74. The van der Waals surface area contributed by atoms with Crippen LogP contribution in [0.5, 0.6) is 0 Å². The summed E-state index contributed by atoms with van der Waals surface area (Å²) in [6.07, 6.45) is 1.48. The molecule has 2 aromatic heterocycles. The zero-order chi connectivity index (χ0) is 20.5. The fourth-order valence-electron chi connectivity index (χ4n) is 3.15. The highest BCUT2D eigenvalue weighted by molar-refractivity contribution is 6.38. The molecule has 0 atom stereocenters. The van der Waals surface area contributed by atoms with Gasteiger partial charge in [-0.25, -0.2) is 9.67 Å². The number of halogens is 2. The predicted molar refractivity (Wildman–Crippen MR) is 116 cm³/mol. The molecule has 4 rings (SSSR count). The van der Waals surface area contributed by atoms with E-state index in [1.54, 1.807) is 10.7 Å². The number of nitrogens with zero attached hydrogens (tertiary/aromatic N) is 3. The highest BCUT2D eigenvalue weighted by atomic mass is 35.5. The molecule has 0 aliphatic rings. The third-order valence-electron chi connectivity index (χ3n) is 4.73. The monoisotopic (exact) mass is 424 g/mol. The number of aryl methyl sites for hydroxylation is 2. The summed E-state index contributed by atoms with van der Waals surface area (Å²) >= 11 is 12.8. The topological polar surface area (TPSA) is 59.8 Å². The summed E-state index contributed by atoms with van der Waals surface area (Å²) in [6.45, 7) is 4.18. The van der Waals surface area contributed by atoms with Gasteiger partial charge in [-0.05, 0) is 37.6 Å². The summed E-state index contributed by atoms with van der Waals surface area (Å²) in [4.78, 5) is 17.2. The van der Waals surface area contributed by atoms with E-state index in [0.29, 0.717) is 38.9 Å². The van der Waals surface area contributed by atoms with Gasteiger partial charge in [0.25, 0.3) is 5.91 Å². The summed E-state index contributed by atoms with van der Waals surface area (Å²) in [5.74, 6) is -0.313. The van der Waals surface area contributed by atoms with Crippen molar-refractivity contribution in [1.29, 1.82) is 0 Å². The molecule has 0 aliphatic carbocycles. The van der Waals surface area contributed by atoms with Crippen molar-refractivity contribution in [2.75, 3.05) is 0 Å². The average Bonchev–Trinajstić information content (AvgIpc) is 3.05. The zero-order valence-electron chi connectivity index (χ0n) is 15.9. The number of nitrogens with one attached hydrogen (secondary N) is 1. The molecule has 0 bridgehead atoms. The molecule has 0 fully saturated rings. The van der Waals surface area contributed by atoms with E-state index in [9.17, 15) is 4.79 Å². The normalized spacial score (nSPS) is 11.0. The second-order valence-corrected chi connectivity index (χ2v) is 7.58. The van der Waals surface area contributed by atoms with Crippen LogP contribution in [0.15, 0.2) is 54.7 Å². The molecule has 1 N–H and O–H groups in total. The van der Waals surface area contributed by atoms with E-state index in [-0.39, 0.29) is 5.91 Å². The standard InChI is InChI=1S/C22H18Cl2N4O/c1-13-7-9-16(10-8-13)28-21-19(14(2)27-28)20(24)17(12-25-21)22(29)26-11-15-5-3-4-6-18(15)23/h3-10,12H,11H2,1-2H3,(H,26,29). The largest absolute Gasteiger partial charge is 0.348 e. The third-order valence-corrected chi connectivity index (χ3v) is 5.49. The maximum Gasteiger partial charge on any atom is 0.254 e. The number of amides is 1. The fourth-order valence-corrected chi connectivity index (χ4v) is 3.70. The molecule has 7 heteroatoms. The highest BCUT2D eigenvalue weighted by Gasteiger charge is 2.20. The van der Waals surface area contributed by atoms with Crippen molar-refractivity contribution in [2.45, 2.75) is 20.4 Å². The van der Waals surface area contributed by atoms with Crippen molar-refractivity contribution in [3.05, 3.63) is 87.2 Å². The van der Waals surface area contributed by atoms with Crippen molar-refractivity contribution in [3.63, 3.8) is 0 Å². The van der Waals surface area contributed by atoms with E-state index in [0.717, 1.165) is 16.8 Å². The predicted octanol–water partition coefficient (Wildman–Crippen LogP) is 5.27. The summed E-state index contributed by atoms with van der Waals surface area (Å²) in [6, 6.07) is 15.3. The number of pyridine rings is 1. The number of benzene rings is 2. The molecule has 0 saturated carbocycles. The van der Waals surface area contributed by atoms with Crippen LogP contribution in [0.1, 0.15) is 27.2 Å². The van der Waals surface area contributed by atoms with Gasteiger partial charge in [-0.2, -0.15) is 5.10 Å². The van der Waals surface area contributed by atoms with Crippen molar-refractivity contribution in [2.24, 2.45) is 0 Å². The molecule has 1 amide bonds. The summed E-state index contributed by atoms with van der Waals surface area (Å²) in [5.41, 5.74) is 4.49. The SMILES string of the molecule is Cc1ccc(-n2nc(C)c3c(Cl)c(C(=O)NCc4ccccc4Cl)cnc32)cc1. The third kappa shape index (κ3) is 3.71. The second-order valence-electron chi connectivity index (χ2n) is 6.79. The molecule has 2 aromatic carbocycles. The minimum atomic E-state index is -0.313. The van der Waals surface area contributed by atoms with Crippen molar-refractivity contribution in [1.82, 2.24) is 20.1 Å². The van der Waals surface area contributed by atoms with Crippen LogP contribution in [0.4, 0.5) is 0 Å². The van der Waals surface area contributed by atoms with E-state index >= 15 is 0 Å². The number of hydrogen-bond acceptors (Lipinski definition) is 3. The molecule has 2 heterocycles. The first-order valence-corrected chi connectivity index (χ1v) is 9.84. The number of carbonyl (C=O) groups is 1. The number of hydrogen-bond donors (Lipinski definition) is 1. The Morgan fingerprint density at radius 2 is 1.79 bits per heavy atom. The van der Waals surface area contributed by atoms with Gasteiger partial charge in [0.05, 0.1) is 27.4 Å². The van der Waals surface area contributed by atoms with Gasteiger partial charge < -0.3 is 5.32 Å². The van der Waals surface area contributed by atoms with Crippen LogP contribution >= 0.6 is 23.2 Å². The second kappa shape index (κ2) is 7.85. The van der Waals surface area contributed by atoms with E-state index < -0.39 is 0 Å². The highest BCUT2D eigenvalue weighted by Crippen LogP contribution is 2.30. The lowest BCUT2D eigenvalue weighted by Gasteiger charge is -2.09. The van der Waals surface area contributed by atoms with Gasteiger partial charge in [0.15, 0.2) is 5.65 Å². The van der Waals surface area contributed by atoms with Crippen LogP contribution in [0.25, 0.3) is 16.7 Å². The fraction of sp³-hybridized carbons (Fsp3) is 0.136. The van der Waals surface area contributed by atoms with E-state index in [4.69, 9.17) is 23.2 Å². The van der Waals surface area contributed by atoms with Crippen LogP contribution in [-0.2, 0) is 6.54 Å². The van der Waals surface area contributed by atoms with Crippen LogP contribution < -0.4 is 5.32 Å². The quantitative estimate of drug-likeness (QED) is 0.484. The Labute approximate surface area is 178 Å². The number of carbonyl (C=O) groups excluding carboxylic acids is 1. The van der Waals surface area contributed by atoms with Crippen LogP contribution in [0.3, 0.4) is 0 Å². The van der Waals surface area contributed by atoms with Gasteiger partial charge in [-0.1, -0.05) is 59.1 Å². The number of fused-ring (bicyclic) bond motifs is 1. The zero-order valence-corrected chi connectivity index (χ0v) is 17.4. The van der Waals surface area contributed by atoms with E-state index in [1.807, 2.05) is 56.3 Å². The maximum absolute atomic E-state index is 12.7. The average molecular weight is 425 g/mol. The first-order chi connectivity index (χ1) is 14.0. The van der Waals surface area contributed by atoms with Gasteiger partial charge in [0.2, 0.25) is 0 Å². The smallest absolute Gasteiger partial charge is 0.254 e. The number of rotatable bonds is 4. The van der Waals surface area contributed by atoms with Crippen LogP contribution in [0, 0.1) is 13.8 Å². The Morgan fingerprint density at radius 1 is 1.07 bits per heavy atom. The van der Waals surface area contributed by atoms with Crippen LogP contribution in [0.2, 0.25) is 10.0 Å². The summed E-state index contributed by atoms with van der Waals surface area (Å²) in [5, 5.41) is 9.03. The molecule has 5 nitrogen and oxygen atoms in total. The maximum atomic E-state index is 12.7. The minimum absolute atomic E-state index is 0.300. The minimum Gasteiger partial charge on any atom is -0.348 e. The van der Waals surface area contributed by atoms with Crippen molar-refractivity contribution >= 4 is 40.1 Å². The molecule has 0 spiro atoms. The molecule has 0 radical (unpaired) electrons. The lowest BCUT2D eigenvalue weighted by atomic mass is 10.1. The first-order valence-electron chi connectivity index (χ1n) is 9.08. The molecule has 0 saturated heterocycles. The molecular formula is C22H18Cl2N4O. The molecule has 146 valence electrons. The summed E-state index contributed by atoms with van der Waals surface area (Å²) in [7, 11) is 0. The van der Waals surface area contributed by atoms with Crippen LogP contribution in [-0.4, -0.2) is 20.7 Å². The van der Waals surface area contributed by atoms with Gasteiger partial charge in [0, 0.05) is 17.8 Å². The Balaban J connectivity index is 1.67. The van der Waals surface area contributed by atoms with Gasteiger partial charge in [-0.15, -0.1) is 0 Å². The molecule has 0 unspecified atom stereocenters. The van der Waals surface area contributed by atoms with Gasteiger partial charge >= 0.3 is 0 Å². The first kappa shape index (κ1) is 19.4. The van der Waals surface area contributed by atoms with Crippen molar-refractivity contribution in [3.8, 4) is 5.69 Å². The lowest BCUT2D eigenvalue weighted by molar-refractivity contribution is 0.0951. The Bertz CT molecular complexity index is 1220. The Morgan fingerprint density at radius 3 is 2.52 bits per heavy atom. The Kier molecular flexibility index (Phi) is 5.26. The van der Waals surface area contributed by atoms with Crippen molar-refractivity contribution < 1.29 is 4.79 Å². The molecule has 29 heavy (non-hydrogen) atoms. The molecule has 4 aromatic rings. The van der Waals surface area contributed by atoms with E-state index in [1.165, 1.54) is 6.20 Å². The molecular weight excluding hydrogens is 407 g/mol. The van der Waals surface area contributed by atoms with Gasteiger partial charge in [-0.3, -0.25) is 4.79 Å². The van der Waals surface area contributed by atoms with E-state index in [2.05, 4.69) is 15.4 Å². The molecule has 0 aliphatic heterocycles. The Hall–Kier alpha value is -2.89. The van der Waals surface area contributed by atoms with Gasteiger partial charge in [0.1, 0.15) is 0 Å². The lowest BCUT2D eigenvalue weighted by Crippen LogP contribution is -2.23. The number of aromatic nitrogens is 3.